The SMILES string of the molecule is CSCCC(=O)N1CCCCC1c1nc2ccc(F)cc2[nH]1. The molecule has 1 amide bonds. The number of rotatable bonds is 4. The van der Waals surface area contributed by atoms with Crippen LogP contribution in [0.1, 0.15) is 37.5 Å². The average Bonchev–Trinajstić information content (AvgIpc) is 2.95. The number of amides is 1. The molecule has 2 heterocycles. The molecule has 1 aliphatic rings. The Morgan fingerprint density at radius 2 is 2.36 bits per heavy atom. The number of aromatic amines is 1. The lowest BCUT2D eigenvalue weighted by molar-refractivity contribution is -0.134. The molecule has 0 bridgehead atoms. The molecule has 0 saturated carbocycles. The van der Waals surface area contributed by atoms with Crippen LogP contribution in [0.5, 0.6) is 0 Å². The number of aromatic nitrogens is 2. The summed E-state index contributed by atoms with van der Waals surface area (Å²) < 4.78 is 13.3. The number of piperidine rings is 1. The van der Waals surface area contributed by atoms with Gasteiger partial charge in [0.25, 0.3) is 0 Å². The number of likely N-dealkylation sites (tertiary alicyclic amines) is 1. The number of nitrogens with one attached hydrogen (secondary N) is 1. The standard InChI is InChI=1S/C16H20FN3OS/c1-22-9-7-15(21)20-8-3-2-4-14(20)16-18-12-6-5-11(17)10-13(12)19-16/h5-6,10,14H,2-4,7-9H2,1H3,(H,18,19). The lowest BCUT2D eigenvalue weighted by Crippen LogP contribution is -2.39. The smallest absolute Gasteiger partial charge is 0.224 e. The second-order valence-corrected chi connectivity index (χ2v) is 6.61. The minimum atomic E-state index is -0.278. The highest BCUT2D eigenvalue weighted by molar-refractivity contribution is 7.98. The minimum Gasteiger partial charge on any atom is -0.340 e. The van der Waals surface area contributed by atoms with E-state index < -0.39 is 0 Å². The fraction of sp³-hybridized carbons (Fsp3) is 0.500. The number of benzene rings is 1. The number of carbonyl (C=O) groups is 1. The molecule has 1 atom stereocenters. The summed E-state index contributed by atoms with van der Waals surface area (Å²) in [5, 5.41) is 0. The van der Waals surface area contributed by atoms with Gasteiger partial charge in [0.2, 0.25) is 5.91 Å². The first-order valence-corrected chi connectivity index (χ1v) is 9.02. The van der Waals surface area contributed by atoms with Gasteiger partial charge in [-0.3, -0.25) is 4.79 Å². The summed E-state index contributed by atoms with van der Waals surface area (Å²) in [6.45, 7) is 0.781. The third-order valence-electron chi connectivity index (χ3n) is 4.12. The molecule has 0 radical (unpaired) electrons. The van der Waals surface area contributed by atoms with Crippen molar-refractivity contribution < 1.29 is 9.18 Å². The third kappa shape index (κ3) is 3.11. The Kier molecular flexibility index (Phi) is 4.66. The molecule has 0 spiro atoms. The molecule has 1 aromatic carbocycles. The van der Waals surface area contributed by atoms with Crippen LogP contribution in [0.15, 0.2) is 18.2 Å². The molecule has 0 aliphatic carbocycles. The first kappa shape index (κ1) is 15.3. The van der Waals surface area contributed by atoms with E-state index in [9.17, 15) is 9.18 Å². The van der Waals surface area contributed by atoms with E-state index in [0.29, 0.717) is 11.9 Å². The fourth-order valence-corrected chi connectivity index (χ4v) is 3.39. The van der Waals surface area contributed by atoms with Crippen LogP contribution >= 0.6 is 11.8 Å². The Balaban J connectivity index is 1.86. The molecule has 1 aliphatic heterocycles. The first-order valence-electron chi connectivity index (χ1n) is 7.62. The van der Waals surface area contributed by atoms with Crippen LogP contribution in [0, 0.1) is 5.82 Å². The zero-order valence-electron chi connectivity index (χ0n) is 12.6. The summed E-state index contributed by atoms with van der Waals surface area (Å²) in [5.41, 5.74) is 1.44. The summed E-state index contributed by atoms with van der Waals surface area (Å²) in [4.78, 5) is 22.1. The molecular formula is C16H20FN3OS. The van der Waals surface area contributed by atoms with Crippen molar-refractivity contribution in [3.63, 3.8) is 0 Å². The van der Waals surface area contributed by atoms with Gasteiger partial charge in [-0.25, -0.2) is 9.37 Å². The third-order valence-corrected chi connectivity index (χ3v) is 4.73. The Bertz CT molecular complexity index is 672. The highest BCUT2D eigenvalue weighted by Crippen LogP contribution is 2.31. The summed E-state index contributed by atoms with van der Waals surface area (Å²) in [7, 11) is 0. The molecule has 1 saturated heterocycles. The van der Waals surface area contributed by atoms with Crippen molar-refractivity contribution in [1.82, 2.24) is 14.9 Å². The van der Waals surface area contributed by atoms with Crippen LogP contribution in [0.4, 0.5) is 4.39 Å². The number of nitrogens with zero attached hydrogens (tertiary/aromatic N) is 2. The highest BCUT2D eigenvalue weighted by atomic mass is 32.2. The van der Waals surface area contributed by atoms with Crippen LogP contribution in [-0.4, -0.2) is 39.3 Å². The van der Waals surface area contributed by atoms with Crippen molar-refractivity contribution >= 4 is 28.7 Å². The largest absolute Gasteiger partial charge is 0.340 e. The molecular weight excluding hydrogens is 301 g/mol. The average molecular weight is 321 g/mol. The molecule has 118 valence electrons. The van der Waals surface area contributed by atoms with Crippen molar-refractivity contribution in [2.24, 2.45) is 0 Å². The number of halogens is 1. The minimum absolute atomic E-state index is 0.0152. The molecule has 3 rings (SSSR count). The second-order valence-electron chi connectivity index (χ2n) is 5.63. The van der Waals surface area contributed by atoms with E-state index in [1.807, 2.05) is 11.2 Å². The van der Waals surface area contributed by atoms with Gasteiger partial charge in [0, 0.05) is 18.7 Å². The summed E-state index contributed by atoms with van der Waals surface area (Å²) >= 11 is 1.68. The highest BCUT2D eigenvalue weighted by Gasteiger charge is 2.29. The number of hydrogen-bond donors (Lipinski definition) is 1. The molecule has 6 heteroatoms. The predicted octanol–water partition coefficient (Wildman–Crippen LogP) is 3.51. The summed E-state index contributed by atoms with van der Waals surface area (Å²) in [5.74, 6) is 1.52. The molecule has 1 N–H and O–H groups in total. The van der Waals surface area contributed by atoms with Crippen LogP contribution in [-0.2, 0) is 4.79 Å². The van der Waals surface area contributed by atoms with Gasteiger partial charge in [-0.2, -0.15) is 11.8 Å². The molecule has 1 unspecified atom stereocenters. The van der Waals surface area contributed by atoms with Gasteiger partial charge in [-0.1, -0.05) is 0 Å². The van der Waals surface area contributed by atoms with E-state index in [1.165, 1.54) is 12.1 Å². The molecule has 22 heavy (non-hydrogen) atoms. The Morgan fingerprint density at radius 1 is 1.50 bits per heavy atom. The number of hydrogen-bond acceptors (Lipinski definition) is 3. The van der Waals surface area contributed by atoms with Crippen molar-refractivity contribution in [1.29, 1.82) is 0 Å². The number of imidazole rings is 1. The van der Waals surface area contributed by atoms with Crippen molar-refractivity contribution in [3.05, 3.63) is 29.8 Å². The topological polar surface area (TPSA) is 49.0 Å². The monoisotopic (exact) mass is 321 g/mol. The van der Waals surface area contributed by atoms with Gasteiger partial charge in [0.05, 0.1) is 17.1 Å². The van der Waals surface area contributed by atoms with Crippen molar-refractivity contribution in [2.45, 2.75) is 31.7 Å². The van der Waals surface area contributed by atoms with Crippen LogP contribution in [0.3, 0.4) is 0 Å². The molecule has 4 nitrogen and oxygen atoms in total. The number of carbonyl (C=O) groups excluding carboxylic acids is 1. The van der Waals surface area contributed by atoms with E-state index in [4.69, 9.17) is 0 Å². The number of H-pyrrole nitrogens is 1. The quantitative estimate of drug-likeness (QED) is 0.937. The lowest BCUT2D eigenvalue weighted by Gasteiger charge is -2.34. The summed E-state index contributed by atoms with van der Waals surface area (Å²) in [6.07, 6.45) is 5.60. The van der Waals surface area contributed by atoms with E-state index >= 15 is 0 Å². The normalized spacial score (nSPS) is 18.8. The Hall–Kier alpha value is -1.56. The van der Waals surface area contributed by atoms with Crippen LogP contribution in [0.25, 0.3) is 11.0 Å². The summed E-state index contributed by atoms with van der Waals surface area (Å²) in [6, 6.07) is 4.52. The van der Waals surface area contributed by atoms with Gasteiger partial charge in [0.15, 0.2) is 0 Å². The maximum atomic E-state index is 13.3. The van der Waals surface area contributed by atoms with Gasteiger partial charge >= 0.3 is 0 Å². The first-order chi connectivity index (χ1) is 10.7. The van der Waals surface area contributed by atoms with Crippen molar-refractivity contribution in [2.75, 3.05) is 18.6 Å². The van der Waals surface area contributed by atoms with Gasteiger partial charge in [-0.15, -0.1) is 0 Å². The lowest BCUT2D eigenvalue weighted by atomic mass is 10.0. The number of thioether (sulfide) groups is 1. The van der Waals surface area contributed by atoms with E-state index in [-0.39, 0.29) is 17.8 Å². The maximum absolute atomic E-state index is 13.3. The fourth-order valence-electron chi connectivity index (χ4n) is 3.01. The second kappa shape index (κ2) is 6.69. The zero-order valence-corrected chi connectivity index (χ0v) is 13.5. The van der Waals surface area contributed by atoms with Gasteiger partial charge in [-0.05, 0) is 43.7 Å². The van der Waals surface area contributed by atoms with E-state index in [0.717, 1.165) is 42.9 Å². The maximum Gasteiger partial charge on any atom is 0.224 e. The van der Waals surface area contributed by atoms with E-state index in [2.05, 4.69) is 9.97 Å². The number of fused-ring (bicyclic) bond motifs is 1. The van der Waals surface area contributed by atoms with Crippen molar-refractivity contribution in [3.8, 4) is 0 Å². The predicted molar refractivity (Wildman–Crippen MR) is 87.4 cm³/mol. The Morgan fingerprint density at radius 3 is 3.18 bits per heavy atom. The van der Waals surface area contributed by atoms with Crippen LogP contribution in [0.2, 0.25) is 0 Å². The van der Waals surface area contributed by atoms with Gasteiger partial charge < -0.3 is 9.88 Å². The van der Waals surface area contributed by atoms with Crippen LogP contribution < -0.4 is 0 Å². The molecule has 1 fully saturated rings. The van der Waals surface area contributed by atoms with E-state index in [1.54, 1.807) is 17.8 Å². The van der Waals surface area contributed by atoms with Gasteiger partial charge in [0.1, 0.15) is 11.6 Å². The molecule has 1 aromatic heterocycles. The Labute approximate surface area is 133 Å². The molecule has 2 aromatic rings. The zero-order chi connectivity index (χ0) is 15.5.